The highest BCUT2D eigenvalue weighted by Gasteiger charge is 2.37. The highest BCUT2D eigenvalue weighted by atomic mass is 16.4. The number of hydrogen-bond acceptors (Lipinski definition) is 2. The number of carbonyl (C=O) groups excluding carboxylic acids is 1. The topological polar surface area (TPSA) is 57.6 Å². The summed E-state index contributed by atoms with van der Waals surface area (Å²) in [5.74, 6) is -2.21. The van der Waals surface area contributed by atoms with Crippen molar-refractivity contribution in [2.45, 2.75) is 13.3 Å². The van der Waals surface area contributed by atoms with Gasteiger partial charge in [-0.15, -0.1) is 0 Å². The number of carboxylic acid groups (broad SMARTS) is 1. The molecule has 0 radical (unpaired) electrons. The summed E-state index contributed by atoms with van der Waals surface area (Å²) in [6.45, 7) is 2.43. The Balaban J connectivity index is 2.25. The molecule has 0 spiro atoms. The van der Waals surface area contributed by atoms with Gasteiger partial charge in [0, 0.05) is 12.2 Å². The highest BCUT2D eigenvalue weighted by molar-refractivity contribution is 6.07. The predicted molar refractivity (Wildman–Crippen MR) is 59.3 cm³/mol. The van der Waals surface area contributed by atoms with Gasteiger partial charge in [-0.2, -0.15) is 0 Å². The number of hydrogen-bond donors (Lipinski definition) is 1. The van der Waals surface area contributed by atoms with E-state index in [4.69, 9.17) is 5.11 Å². The molecule has 4 nitrogen and oxygen atoms in total. The van der Waals surface area contributed by atoms with Crippen molar-refractivity contribution >= 4 is 17.6 Å². The van der Waals surface area contributed by atoms with Crippen molar-refractivity contribution < 1.29 is 14.7 Å². The molecule has 84 valence electrons. The summed E-state index contributed by atoms with van der Waals surface area (Å²) >= 11 is 0. The van der Waals surface area contributed by atoms with E-state index in [0.717, 1.165) is 11.3 Å². The molecule has 1 atom stereocenters. The molecule has 0 aromatic heterocycles. The molecule has 2 rings (SSSR count). The average molecular weight is 219 g/mol. The van der Waals surface area contributed by atoms with Crippen molar-refractivity contribution in [3.8, 4) is 0 Å². The number of amides is 1. The number of carbonyl (C=O) groups is 2. The van der Waals surface area contributed by atoms with E-state index in [1.54, 1.807) is 4.90 Å². The summed E-state index contributed by atoms with van der Waals surface area (Å²) < 4.78 is 0. The van der Waals surface area contributed by atoms with Gasteiger partial charge in [0.15, 0.2) is 0 Å². The quantitative estimate of drug-likeness (QED) is 0.765. The average Bonchev–Trinajstić information content (AvgIpc) is 2.60. The molecule has 0 saturated carbocycles. The summed E-state index contributed by atoms with van der Waals surface area (Å²) in [5.41, 5.74) is 1.85. The Labute approximate surface area is 93.5 Å². The van der Waals surface area contributed by atoms with E-state index in [1.807, 2.05) is 31.2 Å². The first-order chi connectivity index (χ1) is 7.59. The smallest absolute Gasteiger partial charge is 0.316 e. The molecule has 16 heavy (non-hydrogen) atoms. The van der Waals surface area contributed by atoms with Crippen LogP contribution in [0.1, 0.15) is 12.0 Å². The van der Waals surface area contributed by atoms with Crippen LogP contribution in [0, 0.1) is 12.8 Å². The van der Waals surface area contributed by atoms with Gasteiger partial charge in [0.2, 0.25) is 5.91 Å². The molecule has 1 amide bonds. The van der Waals surface area contributed by atoms with E-state index in [0.29, 0.717) is 13.0 Å². The molecule has 1 aliphatic rings. The lowest BCUT2D eigenvalue weighted by Gasteiger charge is -2.16. The monoisotopic (exact) mass is 219 g/mol. The zero-order valence-electron chi connectivity index (χ0n) is 9.01. The summed E-state index contributed by atoms with van der Waals surface area (Å²) in [7, 11) is 0. The van der Waals surface area contributed by atoms with Crippen LogP contribution in [0.15, 0.2) is 24.3 Å². The van der Waals surface area contributed by atoms with E-state index in [2.05, 4.69) is 0 Å². The Morgan fingerprint density at radius 1 is 1.50 bits per heavy atom. The Morgan fingerprint density at radius 3 is 2.81 bits per heavy atom. The molecule has 0 unspecified atom stereocenters. The third kappa shape index (κ3) is 1.78. The van der Waals surface area contributed by atoms with Crippen molar-refractivity contribution in [1.29, 1.82) is 0 Å². The van der Waals surface area contributed by atoms with Gasteiger partial charge in [-0.3, -0.25) is 9.59 Å². The van der Waals surface area contributed by atoms with Crippen molar-refractivity contribution in [2.75, 3.05) is 11.4 Å². The van der Waals surface area contributed by atoms with Crippen molar-refractivity contribution in [1.82, 2.24) is 0 Å². The standard InChI is InChI=1S/C12H13NO3/c1-8-3-2-4-9(7-8)13-6-5-10(11(13)14)12(15)16/h2-4,7,10H,5-6H2,1H3,(H,15,16)/t10-/m0/s1. The van der Waals surface area contributed by atoms with Crippen molar-refractivity contribution in [3.63, 3.8) is 0 Å². The lowest BCUT2D eigenvalue weighted by atomic mass is 10.1. The number of nitrogens with zero attached hydrogens (tertiary/aromatic N) is 1. The normalized spacial score (nSPS) is 20.2. The molecule has 1 heterocycles. The highest BCUT2D eigenvalue weighted by Crippen LogP contribution is 2.25. The Hall–Kier alpha value is -1.84. The molecule has 1 aromatic carbocycles. The van der Waals surface area contributed by atoms with Gasteiger partial charge in [0.25, 0.3) is 0 Å². The van der Waals surface area contributed by atoms with E-state index in [9.17, 15) is 9.59 Å². The fraction of sp³-hybridized carbons (Fsp3) is 0.333. The van der Waals surface area contributed by atoms with Crippen LogP contribution in [0.25, 0.3) is 0 Å². The molecule has 1 aliphatic heterocycles. The summed E-state index contributed by atoms with van der Waals surface area (Å²) in [4.78, 5) is 24.2. The second kappa shape index (κ2) is 3.96. The Bertz CT molecular complexity index is 442. The summed E-state index contributed by atoms with van der Waals surface area (Å²) in [5, 5.41) is 8.86. The van der Waals surface area contributed by atoms with Crippen LogP contribution in [-0.4, -0.2) is 23.5 Å². The molecule has 1 fully saturated rings. The van der Waals surface area contributed by atoms with Crippen LogP contribution in [0.3, 0.4) is 0 Å². The molecular weight excluding hydrogens is 206 g/mol. The minimum Gasteiger partial charge on any atom is -0.481 e. The van der Waals surface area contributed by atoms with Crippen molar-refractivity contribution in [3.05, 3.63) is 29.8 Å². The Morgan fingerprint density at radius 2 is 2.25 bits per heavy atom. The molecule has 1 aromatic rings. The predicted octanol–water partition coefficient (Wildman–Crippen LogP) is 1.43. The maximum atomic E-state index is 11.8. The first kappa shape index (κ1) is 10.7. The third-order valence-corrected chi connectivity index (χ3v) is 2.82. The zero-order chi connectivity index (χ0) is 11.7. The van der Waals surface area contributed by atoms with Gasteiger partial charge in [-0.1, -0.05) is 12.1 Å². The first-order valence-corrected chi connectivity index (χ1v) is 5.20. The summed E-state index contributed by atoms with van der Waals surface area (Å²) in [6.07, 6.45) is 0.391. The van der Waals surface area contributed by atoms with Crippen LogP contribution in [0.4, 0.5) is 5.69 Å². The van der Waals surface area contributed by atoms with Crippen LogP contribution in [-0.2, 0) is 9.59 Å². The number of rotatable bonds is 2. The van der Waals surface area contributed by atoms with E-state index in [1.165, 1.54) is 0 Å². The number of aliphatic carboxylic acids is 1. The van der Waals surface area contributed by atoms with Gasteiger partial charge in [0.1, 0.15) is 5.92 Å². The zero-order valence-corrected chi connectivity index (χ0v) is 9.01. The number of benzene rings is 1. The molecule has 1 N–H and O–H groups in total. The van der Waals surface area contributed by atoms with E-state index >= 15 is 0 Å². The van der Waals surface area contributed by atoms with Gasteiger partial charge in [0.05, 0.1) is 0 Å². The SMILES string of the molecule is Cc1cccc(N2CC[C@H](C(=O)O)C2=O)c1. The molecule has 1 saturated heterocycles. The molecule has 0 aliphatic carbocycles. The third-order valence-electron chi connectivity index (χ3n) is 2.82. The van der Waals surface area contributed by atoms with Crippen LogP contribution in [0.5, 0.6) is 0 Å². The fourth-order valence-corrected chi connectivity index (χ4v) is 1.96. The van der Waals surface area contributed by atoms with Crippen LogP contribution < -0.4 is 4.90 Å². The van der Waals surface area contributed by atoms with Crippen molar-refractivity contribution in [2.24, 2.45) is 5.92 Å². The second-order valence-corrected chi connectivity index (χ2v) is 4.01. The largest absolute Gasteiger partial charge is 0.481 e. The minimum atomic E-state index is -1.03. The molecule has 4 heteroatoms. The fourth-order valence-electron chi connectivity index (χ4n) is 1.96. The lowest BCUT2D eigenvalue weighted by molar-refractivity contribution is -0.144. The second-order valence-electron chi connectivity index (χ2n) is 4.01. The maximum Gasteiger partial charge on any atom is 0.316 e. The Kier molecular flexibility index (Phi) is 2.64. The number of aryl methyl sites for hydroxylation is 1. The van der Waals surface area contributed by atoms with E-state index in [-0.39, 0.29) is 5.91 Å². The first-order valence-electron chi connectivity index (χ1n) is 5.20. The van der Waals surface area contributed by atoms with Gasteiger partial charge >= 0.3 is 5.97 Å². The van der Waals surface area contributed by atoms with Crippen LogP contribution >= 0.6 is 0 Å². The van der Waals surface area contributed by atoms with Gasteiger partial charge in [-0.05, 0) is 31.0 Å². The number of carboxylic acids is 1. The molecular formula is C12H13NO3. The van der Waals surface area contributed by atoms with Gasteiger partial charge in [-0.25, -0.2) is 0 Å². The number of anilines is 1. The van der Waals surface area contributed by atoms with Crippen LogP contribution in [0.2, 0.25) is 0 Å². The maximum absolute atomic E-state index is 11.8. The van der Waals surface area contributed by atoms with E-state index < -0.39 is 11.9 Å². The van der Waals surface area contributed by atoms with Gasteiger partial charge < -0.3 is 10.0 Å². The minimum absolute atomic E-state index is 0.307. The summed E-state index contributed by atoms with van der Waals surface area (Å²) in [6, 6.07) is 7.53. The molecule has 0 bridgehead atoms. The lowest BCUT2D eigenvalue weighted by Crippen LogP contribution is -2.30.